The number of aryl methyl sites for hydroxylation is 3. The van der Waals surface area contributed by atoms with Gasteiger partial charge < -0.3 is 4.42 Å². The summed E-state index contributed by atoms with van der Waals surface area (Å²) < 4.78 is 5.15. The van der Waals surface area contributed by atoms with Gasteiger partial charge in [-0.3, -0.25) is 15.6 Å². The third-order valence-corrected chi connectivity index (χ3v) is 2.47. The molecule has 0 saturated heterocycles. The summed E-state index contributed by atoms with van der Waals surface area (Å²) in [6, 6.07) is 5.51. The van der Waals surface area contributed by atoms with Crippen molar-refractivity contribution in [3.8, 4) is 0 Å². The van der Waals surface area contributed by atoms with Crippen LogP contribution in [0.3, 0.4) is 0 Å². The fourth-order valence-electron chi connectivity index (χ4n) is 1.66. The van der Waals surface area contributed by atoms with Crippen LogP contribution in [0.1, 0.15) is 23.6 Å². The van der Waals surface area contributed by atoms with Crippen molar-refractivity contribution in [2.75, 3.05) is 5.43 Å². The second-order valence-corrected chi connectivity index (χ2v) is 4.23. The fourth-order valence-corrected chi connectivity index (χ4v) is 1.66. The predicted molar refractivity (Wildman–Crippen MR) is 70.3 cm³/mol. The normalized spacial score (nSPS) is 10.2. The molecule has 1 amide bonds. The molecule has 0 aliphatic rings. The van der Waals surface area contributed by atoms with E-state index in [1.807, 2.05) is 26.0 Å². The molecule has 6 nitrogen and oxygen atoms in total. The Balaban J connectivity index is 1.79. The Bertz CT molecular complexity index is 532. The molecule has 0 saturated carbocycles. The second-order valence-electron chi connectivity index (χ2n) is 4.23. The zero-order chi connectivity index (χ0) is 13.7. The number of hydrogen-bond acceptors (Lipinski definition) is 5. The minimum absolute atomic E-state index is 0.140. The molecule has 2 aromatic rings. The number of furan rings is 1. The van der Waals surface area contributed by atoms with Crippen LogP contribution in [0.25, 0.3) is 0 Å². The van der Waals surface area contributed by atoms with E-state index in [1.165, 1.54) is 0 Å². The number of carbonyl (C=O) groups is 1. The Morgan fingerprint density at radius 1 is 1.32 bits per heavy atom. The molecular weight excluding hydrogens is 244 g/mol. The summed E-state index contributed by atoms with van der Waals surface area (Å²) in [6.45, 7) is 3.75. The molecule has 2 rings (SSSR count). The van der Waals surface area contributed by atoms with E-state index in [2.05, 4.69) is 20.8 Å². The van der Waals surface area contributed by atoms with Gasteiger partial charge in [0.25, 0.3) is 0 Å². The van der Waals surface area contributed by atoms with Crippen LogP contribution < -0.4 is 10.9 Å². The molecular formula is C13H16N4O2. The van der Waals surface area contributed by atoms with Crippen molar-refractivity contribution >= 4 is 11.9 Å². The molecule has 2 heterocycles. The number of hydrazine groups is 1. The van der Waals surface area contributed by atoms with Crippen molar-refractivity contribution in [2.45, 2.75) is 26.7 Å². The largest absolute Gasteiger partial charge is 0.469 e. The molecule has 19 heavy (non-hydrogen) atoms. The summed E-state index contributed by atoms with van der Waals surface area (Å²) in [5.41, 5.74) is 6.96. The molecule has 2 aromatic heterocycles. The number of amides is 1. The maximum atomic E-state index is 11.6. The molecule has 0 radical (unpaired) electrons. The molecule has 0 atom stereocenters. The van der Waals surface area contributed by atoms with Gasteiger partial charge in [-0.05, 0) is 32.0 Å². The molecule has 0 spiro atoms. The molecule has 2 N–H and O–H groups in total. The maximum Gasteiger partial charge on any atom is 0.242 e. The lowest BCUT2D eigenvalue weighted by Crippen LogP contribution is -2.30. The minimum atomic E-state index is -0.140. The van der Waals surface area contributed by atoms with E-state index in [4.69, 9.17) is 4.42 Å². The van der Waals surface area contributed by atoms with Crippen LogP contribution in [-0.2, 0) is 11.2 Å². The Morgan fingerprint density at radius 2 is 2.05 bits per heavy atom. The van der Waals surface area contributed by atoms with Gasteiger partial charge in [-0.2, -0.15) is 0 Å². The maximum absolute atomic E-state index is 11.6. The lowest BCUT2D eigenvalue weighted by Gasteiger charge is -2.07. The van der Waals surface area contributed by atoms with Gasteiger partial charge >= 0.3 is 0 Å². The van der Waals surface area contributed by atoms with Crippen molar-refractivity contribution in [3.05, 3.63) is 41.6 Å². The number of nitrogens with zero attached hydrogens (tertiary/aromatic N) is 2. The van der Waals surface area contributed by atoms with Crippen LogP contribution >= 0.6 is 0 Å². The summed E-state index contributed by atoms with van der Waals surface area (Å²) in [6.07, 6.45) is 2.49. The molecule has 0 unspecified atom stereocenters. The Morgan fingerprint density at radius 3 is 2.68 bits per heavy atom. The van der Waals surface area contributed by atoms with Crippen LogP contribution in [0.2, 0.25) is 0 Å². The fraction of sp³-hybridized carbons (Fsp3) is 0.308. The first-order valence-electron chi connectivity index (χ1n) is 6.03. The molecule has 0 aliphatic carbocycles. The number of aromatic nitrogens is 2. The number of rotatable bonds is 5. The number of carbonyl (C=O) groups excluding carboxylic acids is 1. The topological polar surface area (TPSA) is 80.0 Å². The van der Waals surface area contributed by atoms with Gasteiger partial charge in [0.15, 0.2) is 0 Å². The van der Waals surface area contributed by atoms with E-state index in [1.54, 1.807) is 12.3 Å². The standard InChI is InChI=1S/C13H16N4O2/c1-9-8-10(2)15-13(14-9)17-16-12(18)6-5-11-4-3-7-19-11/h3-4,7-8H,5-6H2,1-2H3,(H,16,18)(H,14,15,17). The monoisotopic (exact) mass is 260 g/mol. The minimum Gasteiger partial charge on any atom is -0.469 e. The highest BCUT2D eigenvalue weighted by atomic mass is 16.3. The van der Waals surface area contributed by atoms with Gasteiger partial charge in [0.05, 0.1) is 6.26 Å². The van der Waals surface area contributed by atoms with Gasteiger partial charge in [0, 0.05) is 24.2 Å². The van der Waals surface area contributed by atoms with E-state index >= 15 is 0 Å². The van der Waals surface area contributed by atoms with Gasteiger partial charge in [-0.25, -0.2) is 9.97 Å². The van der Waals surface area contributed by atoms with E-state index in [-0.39, 0.29) is 5.91 Å². The number of nitrogens with one attached hydrogen (secondary N) is 2. The summed E-state index contributed by atoms with van der Waals surface area (Å²) in [7, 11) is 0. The summed E-state index contributed by atoms with van der Waals surface area (Å²) in [5.74, 6) is 1.04. The summed E-state index contributed by atoms with van der Waals surface area (Å²) >= 11 is 0. The predicted octanol–water partition coefficient (Wildman–Crippen LogP) is 1.76. The van der Waals surface area contributed by atoms with Crippen LogP contribution in [-0.4, -0.2) is 15.9 Å². The van der Waals surface area contributed by atoms with Crippen molar-refractivity contribution < 1.29 is 9.21 Å². The summed E-state index contributed by atoms with van der Waals surface area (Å²) in [4.78, 5) is 19.9. The van der Waals surface area contributed by atoms with Gasteiger partial charge in [-0.1, -0.05) is 0 Å². The highest BCUT2D eigenvalue weighted by Crippen LogP contribution is 2.04. The molecule has 0 aliphatic heterocycles. The van der Waals surface area contributed by atoms with Gasteiger partial charge in [0.2, 0.25) is 11.9 Å². The smallest absolute Gasteiger partial charge is 0.242 e. The van der Waals surface area contributed by atoms with Crippen LogP contribution in [0.15, 0.2) is 28.9 Å². The Kier molecular flexibility index (Phi) is 4.12. The first kappa shape index (κ1) is 13.1. The first-order chi connectivity index (χ1) is 9.13. The highest BCUT2D eigenvalue weighted by molar-refractivity contribution is 5.77. The van der Waals surface area contributed by atoms with Crippen molar-refractivity contribution in [1.82, 2.24) is 15.4 Å². The van der Waals surface area contributed by atoms with E-state index < -0.39 is 0 Å². The molecule has 100 valence electrons. The van der Waals surface area contributed by atoms with Gasteiger partial charge in [-0.15, -0.1) is 0 Å². The Labute approximate surface area is 111 Å². The molecule has 6 heteroatoms. The highest BCUT2D eigenvalue weighted by Gasteiger charge is 2.05. The van der Waals surface area contributed by atoms with Crippen LogP contribution in [0.5, 0.6) is 0 Å². The zero-order valence-corrected chi connectivity index (χ0v) is 10.9. The first-order valence-corrected chi connectivity index (χ1v) is 6.03. The molecule has 0 fully saturated rings. The van der Waals surface area contributed by atoms with Crippen molar-refractivity contribution in [1.29, 1.82) is 0 Å². The Hall–Kier alpha value is -2.37. The van der Waals surface area contributed by atoms with Crippen LogP contribution in [0.4, 0.5) is 5.95 Å². The quantitative estimate of drug-likeness (QED) is 0.801. The third kappa shape index (κ3) is 4.09. The summed E-state index contributed by atoms with van der Waals surface area (Å²) in [5, 5.41) is 0. The molecule has 0 aromatic carbocycles. The number of anilines is 1. The lowest BCUT2D eigenvalue weighted by atomic mass is 10.2. The van der Waals surface area contributed by atoms with Crippen molar-refractivity contribution in [3.63, 3.8) is 0 Å². The van der Waals surface area contributed by atoms with E-state index in [9.17, 15) is 4.79 Å². The SMILES string of the molecule is Cc1cc(C)nc(NNC(=O)CCc2ccco2)n1. The third-order valence-electron chi connectivity index (χ3n) is 2.47. The van der Waals surface area contributed by atoms with Gasteiger partial charge in [0.1, 0.15) is 5.76 Å². The zero-order valence-electron chi connectivity index (χ0n) is 10.9. The van der Waals surface area contributed by atoms with E-state index in [0.29, 0.717) is 18.8 Å². The average Bonchev–Trinajstić information content (AvgIpc) is 2.86. The molecule has 0 bridgehead atoms. The average molecular weight is 260 g/mol. The van der Waals surface area contributed by atoms with Crippen LogP contribution in [0, 0.1) is 13.8 Å². The van der Waals surface area contributed by atoms with Crippen molar-refractivity contribution in [2.24, 2.45) is 0 Å². The number of hydrogen-bond donors (Lipinski definition) is 2. The lowest BCUT2D eigenvalue weighted by molar-refractivity contribution is -0.120. The van der Waals surface area contributed by atoms with E-state index in [0.717, 1.165) is 17.1 Å². The second kappa shape index (κ2) is 5.99.